The van der Waals surface area contributed by atoms with E-state index in [1.54, 1.807) is 6.07 Å². The molecule has 0 aromatic heterocycles. The molecule has 1 aliphatic rings. The molecule has 0 unspecified atom stereocenters. The minimum absolute atomic E-state index is 0.0141. The molecule has 1 aliphatic heterocycles. The zero-order valence-corrected chi connectivity index (χ0v) is 12.4. The molecule has 6 heteroatoms. The van der Waals surface area contributed by atoms with Crippen LogP contribution in [0.2, 0.25) is 0 Å². The van der Waals surface area contributed by atoms with Gasteiger partial charge in [0.15, 0.2) is 15.6 Å². The summed E-state index contributed by atoms with van der Waals surface area (Å²) in [6.07, 6.45) is 0. The van der Waals surface area contributed by atoms with Crippen LogP contribution in [-0.4, -0.2) is 38.8 Å². The van der Waals surface area contributed by atoms with E-state index in [1.807, 2.05) is 17.0 Å². The van der Waals surface area contributed by atoms with Crippen molar-refractivity contribution < 1.29 is 13.2 Å². The number of rotatable bonds is 2. The van der Waals surface area contributed by atoms with Crippen LogP contribution in [0.3, 0.4) is 0 Å². The van der Waals surface area contributed by atoms with Crippen LogP contribution < -0.4 is 4.90 Å². The van der Waals surface area contributed by atoms with E-state index in [0.717, 1.165) is 10.2 Å². The number of ketones is 1. The Balaban J connectivity index is 2.32. The van der Waals surface area contributed by atoms with Gasteiger partial charge in [-0.3, -0.25) is 4.79 Å². The Morgan fingerprint density at radius 1 is 1.28 bits per heavy atom. The summed E-state index contributed by atoms with van der Waals surface area (Å²) >= 11 is 3.34. The van der Waals surface area contributed by atoms with Crippen LogP contribution >= 0.6 is 15.9 Å². The summed E-state index contributed by atoms with van der Waals surface area (Å²) in [7, 11) is -2.90. The highest BCUT2D eigenvalue weighted by molar-refractivity contribution is 9.10. The molecular formula is C12H14BrNO3S. The number of hydrogen-bond acceptors (Lipinski definition) is 4. The molecule has 0 radical (unpaired) electrons. The molecule has 1 aromatic carbocycles. The van der Waals surface area contributed by atoms with Crippen molar-refractivity contribution in [2.24, 2.45) is 0 Å². The van der Waals surface area contributed by atoms with E-state index in [0.29, 0.717) is 18.7 Å². The molecule has 4 nitrogen and oxygen atoms in total. The molecule has 0 spiro atoms. The molecule has 0 aliphatic carbocycles. The molecule has 0 saturated carbocycles. The number of anilines is 1. The molecule has 1 heterocycles. The van der Waals surface area contributed by atoms with Gasteiger partial charge in [-0.1, -0.05) is 15.9 Å². The number of hydrogen-bond donors (Lipinski definition) is 0. The highest BCUT2D eigenvalue weighted by Crippen LogP contribution is 2.26. The summed E-state index contributed by atoms with van der Waals surface area (Å²) in [5, 5.41) is 0. The third kappa shape index (κ3) is 2.92. The van der Waals surface area contributed by atoms with Crippen LogP contribution in [0.25, 0.3) is 0 Å². The fourth-order valence-corrected chi connectivity index (χ4v) is 3.58. The average molecular weight is 332 g/mol. The highest BCUT2D eigenvalue weighted by atomic mass is 79.9. The van der Waals surface area contributed by atoms with E-state index in [1.165, 1.54) is 6.92 Å². The van der Waals surface area contributed by atoms with E-state index < -0.39 is 9.84 Å². The van der Waals surface area contributed by atoms with Crippen LogP contribution in [-0.2, 0) is 9.84 Å². The lowest BCUT2D eigenvalue weighted by Gasteiger charge is -2.30. The van der Waals surface area contributed by atoms with Gasteiger partial charge in [0, 0.05) is 28.8 Å². The summed E-state index contributed by atoms with van der Waals surface area (Å²) in [5.41, 5.74) is 1.45. The van der Waals surface area contributed by atoms with Crippen LogP contribution in [0, 0.1) is 0 Å². The van der Waals surface area contributed by atoms with Crippen molar-refractivity contribution >= 4 is 37.2 Å². The molecule has 0 bridgehead atoms. The van der Waals surface area contributed by atoms with Gasteiger partial charge >= 0.3 is 0 Å². The fraction of sp³-hybridized carbons (Fsp3) is 0.417. The van der Waals surface area contributed by atoms with Crippen molar-refractivity contribution in [1.29, 1.82) is 0 Å². The first-order valence-electron chi connectivity index (χ1n) is 5.65. The number of benzene rings is 1. The van der Waals surface area contributed by atoms with Crippen LogP contribution in [0.5, 0.6) is 0 Å². The maximum Gasteiger partial charge on any atom is 0.161 e. The topological polar surface area (TPSA) is 54.5 Å². The number of carbonyl (C=O) groups excluding carboxylic acids is 1. The molecule has 1 fully saturated rings. The summed E-state index contributed by atoms with van der Waals surface area (Å²) in [6, 6.07) is 5.50. The summed E-state index contributed by atoms with van der Waals surface area (Å²) in [5.74, 6) is 0.292. The van der Waals surface area contributed by atoms with Gasteiger partial charge in [-0.15, -0.1) is 0 Å². The Labute approximate surface area is 115 Å². The van der Waals surface area contributed by atoms with Crippen LogP contribution in [0.1, 0.15) is 17.3 Å². The standard InChI is InChI=1S/C12H14BrNO3S/c1-9(15)11-8-10(13)2-3-12(11)14-4-6-18(16,17)7-5-14/h2-3,8H,4-7H2,1H3. The molecule has 2 rings (SSSR count). The van der Waals surface area contributed by atoms with Crippen molar-refractivity contribution in [1.82, 2.24) is 0 Å². The highest BCUT2D eigenvalue weighted by Gasteiger charge is 2.24. The lowest BCUT2D eigenvalue weighted by atomic mass is 10.1. The van der Waals surface area contributed by atoms with Crippen molar-refractivity contribution in [3.05, 3.63) is 28.2 Å². The molecule has 1 aromatic rings. The van der Waals surface area contributed by atoms with E-state index in [4.69, 9.17) is 0 Å². The quantitative estimate of drug-likeness (QED) is 0.776. The molecule has 0 N–H and O–H groups in total. The van der Waals surface area contributed by atoms with E-state index in [2.05, 4.69) is 15.9 Å². The number of nitrogens with zero attached hydrogens (tertiary/aromatic N) is 1. The lowest BCUT2D eigenvalue weighted by molar-refractivity contribution is 0.101. The van der Waals surface area contributed by atoms with Gasteiger partial charge in [-0.05, 0) is 25.1 Å². The SMILES string of the molecule is CC(=O)c1cc(Br)ccc1N1CCS(=O)(=O)CC1. The monoisotopic (exact) mass is 331 g/mol. The normalized spacial score (nSPS) is 18.7. The van der Waals surface area contributed by atoms with Crippen molar-refractivity contribution in [2.75, 3.05) is 29.5 Å². The predicted octanol–water partition coefficient (Wildman–Crippen LogP) is 1.89. The summed E-state index contributed by atoms with van der Waals surface area (Å²) in [6.45, 7) is 2.42. The fourth-order valence-electron chi connectivity index (χ4n) is 2.02. The number of Topliss-reactive ketones (excluding diaryl/α,β-unsaturated/α-hetero) is 1. The molecule has 98 valence electrons. The smallest absolute Gasteiger partial charge is 0.161 e. The van der Waals surface area contributed by atoms with Gasteiger partial charge in [-0.25, -0.2) is 8.42 Å². The zero-order chi connectivity index (χ0) is 13.3. The maximum atomic E-state index is 11.6. The Bertz CT molecular complexity index is 569. The predicted molar refractivity (Wildman–Crippen MR) is 75.0 cm³/mol. The first-order valence-corrected chi connectivity index (χ1v) is 8.26. The Morgan fingerprint density at radius 3 is 2.44 bits per heavy atom. The zero-order valence-electron chi connectivity index (χ0n) is 10.0. The Kier molecular flexibility index (Phi) is 3.77. The van der Waals surface area contributed by atoms with Crippen LogP contribution in [0.15, 0.2) is 22.7 Å². The lowest BCUT2D eigenvalue weighted by Crippen LogP contribution is -2.40. The second-order valence-electron chi connectivity index (χ2n) is 4.36. The number of carbonyl (C=O) groups is 1. The molecule has 1 saturated heterocycles. The molecule has 0 amide bonds. The summed E-state index contributed by atoms with van der Waals surface area (Å²) in [4.78, 5) is 13.6. The first kappa shape index (κ1) is 13.5. The second-order valence-corrected chi connectivity index (χ2v) is 7.58. The molecular weight excluding hydrogens is 318 g/mol. The number of halogens is 1. The minimum atomic E-state index is -2.90. The van der Waals surface area contributed by atoms with Gasteiger partial charge < -0.3 is 4.90 Å². The second kappa shape index (κ2) is 5.01. The Morgan fingerprint density at radius 2 is 1.89 bits per heavy atom. The Hall–Kier alpha value is -0.880. The minimum Gasteiger partial charge on any atom is -0.369 e. The van der Waals surface area contributed by atoms with Gasteiger partial charge in [0.2, 0.25) is 0 Å². The molecule has 18 heavy (non-hydrogen) atoms. The molecule has 0 atom stereocenters. The van der Waals surface area contributed by atoms with Gasteiger partial charge in [-0.2, -0.15) is 0 Å². The first-order chi connectivity index (χ1) is 8.39. The van der Waals surface area contributed by atoms with Crippen molar-refractivity contribution in [2.45, 2.75) is 6.92 Å². The third-order valence-electron chi connectivity index (χ3n) is 3.02. The third-order valence-corrected chi connectivity index (χ3v) is 5.13. The van der Waals surface area contributed by atoms with Crippen molar-refractivity contribution in [3.8, 4) is 0 Å². The van der Waals surface area contributed by atoms with Gasteiger partial charge in [0.1, 0.15) is 0 Å². The number of sulfone groups is 1. The largest absolute Gasteiger partial charge is 0.369 e. The summed E-state index contributed by atoms with van der Waals surface area (Å²) < 4.78 is 23.6. The van der Waals surface area contributed by atoms with Gasteiger partial charge in [0.05, 0.1) is 11.5 Å². The van der Waals surface area contributed by atoms with Gasteiger partial charge in [0.25, 0.3) is 0 Å². The van der Waals surface area contributed by atoms with Crippen molar-refractivity contribution in [3.63, 3.8) is 0 Å². The van der Waals surface area contributed by atoms with E-state index in [-0.39, 0.29) is 17.3 Å². The maximum absolute atomic E-state index is 11.6. The van der Waals surface area contributed by atoms with E-state index >= 15 is 0 Å². The van der Waals surface area contributed by atoms with Crippen LogP contribution in [0.4, 0.5) is 5.69 Å². The average Bonchev–Trinajstić information content (AvgIpc) is 2.29. The van der Waals surface area contributed by atoms with E-state index in [9.17, 15) is 13.2 Å².